The number of amides is 1. The number of carbonyl (C=O) groups excluding carboxylic acids is 1. The van der Waals surface area contributed by atoms with Crippen LogP contribution >= 0.6 is 22.9 Å². The van der Waals surface area contributed by atoms with E-state index in [1.54, 1.807) is 44.0 Å². The molecule has 0 saturated carbocycles. The maximum absolute atomic E-state index is 13.0. The van der Waals surface area contributed by atoms with Crippen LogP contribution < -0.4 is 10.2 Å². The third kappa shape index (κ3) is 4.01. The Morgan fingerprint density at radius 2 is 1.79 bits per heavy atom. The van der Waals surface area contributed by atoms with Gasteiger partial charge in [-0.1, -0.05) is 47.2 Å². The van der Waals surface area contributed by atoms with Crippen molar-refractivity contribution >= 4 is 45.3 Å². The molecule has 0 fully saturated rings. The van der Waals surface area contributed by atoms with E-state index in [1.165, 1.54) is 16.2 Å². The van der Waals surface area contributed by atoms with Gasteiger partial charge in [0.2, 0.25) is 5.13 Å². The summed E-state index contributed by atoms with van der Waals surface area (Å²) in [6.45, 7) is 0. The van der Waals surface area contributed by atoms with Crippen molar-refractivity contribution in [2.45, 2.75) is 0 Å². The predicted octanol–water partition coefficient (Wildman–Crippen LogP) is 4.28. The van der Waals surface area contributed by atoms with Gasteiger partial charge < -0.3 is 10.2 Å². The number of anilines is 2. The summed E-state index contributed by atoms with van der Waals surface area (Å²) >= 11 is 7.33. The second-order valence-corrected chi connectivity index (χ2v) is 8.45. The summed E-state index contributed by atoms with van der Waals surface area (Å²) in [5, 5.41) is 13.2. The third-order valence-electron chi connectivity index (χ3n) is 5.09. The van der Waals surface area contributed by atoms with E-state index >= 15 is 0 Å². The highest BCUT2D eigenvalue weighted by molar-refractivity contribution is 7.18. The smallest absolute Gasteiger partial charge is 0.278 e. The quantitative estimate of drug-likeness (QED) is 0.378. The molecule has 4 aromatic heterocycles. The number of halogens is 1. The molecule has 0 aliphatic heterocycles. The lowest BCUT2D eigenvalue weighted by atomic mass is 10.1. The molecule has 5 aromatic rings. The van der Waals surface area contributed by atoms with Gasteiger partial charge >= 0.3 is 0 Å². The van der Waals surface area contributed by atoms with Crippen LogP contribution in [0.3, 0.4) is 0 Å². The molecule has 0 spiro atoms. The van der Waals surface area contributed by atoms with Crippen LogP contribution in [0, 0.1) is 0 Å². The van der Waals surface area contributed by atoms with E-state index in [0.29, 0.717) is 16.5 Å². The summed E-state index contributed by atoms with van der Waals surface area (Å²) in [5.74, 6) is -0.271. The fourth-order valence-corrected chi connectivity index (χ4v) is 4.11. The van der Waals surface area contributed by atoms with E-state index in [0.717, 1.165) is 27.0 Å². The number of pyridine rings is 1. The normalized spacial score (nSPS) is 11.0. The van der Waals surface area contributed by atoms with Crippen LogP contribution in [-0.4, -0.2) is 49.6 Å². The first-order valence-corrected chi connectivity index (χ1v) is 11.1. The van der Waals surface area contributed by atoms with E-state index in [2.05, 4.69) is 30.5 Å². The Kier molecular flexibility index (Phi) is 5.45. The number of benzene rings is 1. The number of hydrogen-bond acceptors (Lipinski definition) is 8. The fraction of sp³-hybridized carbons (Fsp3) is 0.0909. The van der Waals surface area contributed by atoms with E-state index < -0.39 is 0 Å². The minimum atomic E-state index is -0.271. The number of nitrogens with zero attached hydrogens (tertiary/aromatic N) is 7. The Hall–Kier alpha value is -3.89. The molecule has 0 aliphatic rings. The van der Waals surface area contributed by atoms with Crippen LogP contribution in [0.15, 0.2) is 61.2 Å². The Labute approximate surface area is 197 Å². The lowest BCUT2D eigenvalue weighted by Gasteiger charge is -2.16. The molecule has 9 nitrogen and oxygen atoms in total. The summed E-state index contributed by atoms with van der Waals surface area (Å²) < 4.78 is 1.85. The Morgan fingerprint density at radius 3 is 2.48 bits per heavy atom. The Balaban J connectivity index is 1.45. The molecule has 1 amide bonds. The maximum atomic E-state index is 13.0. The highest BCUT2D eigenvalue weighted by Gasteiger charge is 2.17. The highest BCUT2D eigenvalue weighted by atomic mass is 35.5. The standard InChI is InChI=1S/C22H17ClN8OS/c1-24-22-29-28-20(33-22)14-5-3-13(4-6-14)17-10-27-19-11-25-16(12-31(17)19)21(32)30(2)15-7-8-18(23)26-9-15/h3-12H,1-2H3,(H,24,29). The maximum Gasteiger partial charge on any atom is 0.278 e. The second-order valence-electron chi connectivity index (χ2n) is 7.09. The molecular formula is C22H17ClN8OS. The summed E-state index contributed by atoms with van der Waals surface area (Å²) in [5.41, 5.74) is 4.31. The van der Waals surface area contributed by atoms with Gasteiger partial charge in [0.1, 0.15) is 15.9 Å². The van der Waals surface area contributed by atoms with Gasteiger partial charge in [0.05, 0.1) is 30.0 Å². The SMILES string of the molecule is CNc1nnc(-c2ccc(-c3cnc4cnc(C(=O)N(C)c5ccc(Cl)nc5)cn34)cc2)s1. The first kappa shape index (κ1) is 21.0. The highest BCUT2D eigenvalue weighted by Crippen LogP contribution is 2.29. The van der Waals surface area contributed by atoms with E-state index in [4.69, 9.17) is 11.6 Å². The molecule has 0 aliphatic carbocycles. The van der Waals surface area contributed by atoms with Gasteiger partial charge in [-0.05, 0) is 12.1 Å². The average Bonchev–Trinajstić information content (AvgIpc) is 3.50. The largest absolute Gasteiger partial charge is 0.363 e. The molecule has 0 atom stereocenters. The summed E-state index contributed by atoms with van der Waals surface area (Å²) in [7, 11) is 3.48. The minimum Gasteiger partial charge on any atom is -0.363 e. The zero-order chi connectivity index (χ0) is 22.9. The fourth-order valence-electron chi connectivity index (χ4n) is 3.29. The lowest BCUT2D eigenvalue weighted by molar-refractivity contribution is 0.0987. The van der Waals surface area contributed by atoms with Crippen molar-refractivity contribution in [1.29, 1.82) is 0 Å². The number of carbonyl (C=O) groups is 1. The van der Waals surface area contributed by atoms with Crippen LogP contribution in [-0.2, 0) is 0 Å². The van der Waals surface area contributed by atoms with Crippen LogP contribution in [0.2, 0.25) is 5.15 Å². The third-order valence-corrected chi connectivity index (χ3v) is 6.30. The molecule has 11 heteroatoms. The summed E-state index contributed by atoms with van der Waals surface area (Å²) in [4.78, 5) is 27.3. The zero-order valence-corrected chi connectivity index (χ0v) is 19.2. The van der Waals surface area contributed by atoms with Crippen molar-refractivity contribution in [3.63, 3.8) is 0 Å². The molecule has 0 radical (unpaired) electrons. The van der Waals surface area contributed by atoms with Gasteiger partial charge in [0.25, 0.3) is 5.91 Å². The second kappa shape index (κ2) is 8.57. The molecule has 33 heavy (non-hydrogen) atoms. The van der Waals surface area contributed by atoms with Gasteiger partial charge in [0.15, 0.2) is 5.65 Å². The number of hydrogen-bond donors (Lipinski definition) is 1. The minimum absolute atomic E-state index is 0.271. The summed E-state index contributed by atoms with van der Waals surface area (Å²) in [6, 6.07) is 11.3. The van der Waals surface area contributed by atoms with Crippen molar-refractivity contribution in [2.75, 3.05) is 24.3 Å². The number of rotatable bonds is 5. The molecule has 5 rings (SSSR count). The zero-order valence-electron chi connectivity index (χ0n) is 17.6. The number of nitrogens with one attached hydrogen (secondary N) is 1. The number of imidazole rings is 1. The van der Waals surface area contributed by atoms with Gasteiger partial charge in [-0.15, -0.1) is 10.2 Å². The molecule has 164 valence electrons. The molecule has 0 saturated heterocycles. The molecular weight excluding hydrogens is 460 g/mol. The molecule has 0 bridgehead atoms. The van der Waals surface area contributed by atoms with Gasteiger partial charge in [-0.25, -0.2) is 15.0 Å². The molecule has 1 aromatic carbocycles. The molecule has 0 unspecified atom stereocenters. The first-order chi connectivity index (χ1) is 16.0. The van der Waals surface area contributed by atoms with E-state index in [9.17, 15) is 4.79 Å². The van der Waals surface area contributed by atoms with Crippen molar-refractivity contribution in [1.82, 2.24) is 29.5 Å². The Bertz CT molecular complexity index is 1450. The Morgan fingerprint density at radius 1 is 1.00 bits per heavy atom. The molecule has 4 heterocycles. The van der Waals surface area contributed by atoms with Crippen molar-refractivity contribution in [3.05, 3.63) is 72.0 Å². The number of aromatic nitrogens is 6. The lowest BCUT2D eigenvalue weighted by Crippen LogP contribution is -2.27. The van der Waals surface area contributed by atoms with Crippen LogP contribution in [0.1, 0.15) is 10.5 Å². The topological polar surface area (TPSA) is 101 Å². The van der Waals surface area contributed by atoms with Crippen LogP contribution in [0.25, 0.3) is 27.5 Å². The van der Waals surface area contributed by atoms with Crippen molar-refractivity contribution in [3.8, 4) is 21.8 Å². The monoisotopic (exact) mass is 476 g/mol. The van der Waals surface area contributed by atoms with E-state index in [1.807, 2.05) is 35.7 Å². The van der Waals surface area contributed by atoms with E-state index in [-0.39, 0.29) is 11.6 Å². The van der Waals surface area contributed by atoms with Crippen molar-refractivity contribution < 1.29 is 4.79 Å². The van der Waals surface area contributed by atoms with Gasteiger partial charge in [-0.2, -0.15) is 0 Å². The van der Waals surface area contributed by atoms with Gasteiger partial charge in [-0.3, -0.25) is 9.20 Å². The van der Waals surface area contributed by atoms with Crippen LogP contribution in [0.4, 0.5) is 10.8 Å². The average molecular weight is 477 g/mol. The number of fused-ring (bicyclic) bond motifs is 1. The molecule has 1 N–H and O–H groups in total. The predicted molar refractivity (Wildman–Crippen MR) is 129 cm³/mol. The first-order valence-electron chi connectivity index (χ1n) is 9.88. The van der Waals surface area contributed by atoms with Crippen LogP contribution in [0.5, 0.6) is 0 Å². The summed E-state index contributed by atoms with van der Waals surface area (Å²) in [6.07, 6.45) is 6.58. The van der Waals surface area contributed by atoms with Crippen molar-refractivity contribution in [2.24, 2.45) is 0 Å². The van der Waals surface area contributed by atoms with Gasteiger partial charge in [0, 0.05) is 31.4 Å².